The minimum absolute atomic E-state index is 0.178. The summed E-state index contributed by atoms with van der Waals surface area (Å²) in [5.74, 6) is -1.22. The summed E-state index contributed by atoms with van der Waals surface area (Å²) in [6.45, 7) is 5.98. The van der Waals surface area contributed by atoms with Crippen LogP contribution in [0, 0.1) is 18.3 Å². The van der Waals surface area contributed by atoms with E-state index in [1.54, 1.807) is 36.7 Å². The SMILES string of the molecule is CC[C@@H](C)n1ncc2c(C(=O)[C@@H](C#N)c3ccccn3)cc(C)nc21. The number of carbonyl (C=O) groups excluding carboxylic acids is 1. The summed E-state index contributed by atoms with van der Waals surface area (Å²) in [5.41, 5.74) is 2.32. The fourth-order valence-electron chi connectivity index (χ4n) is 2.80. The van der Waals surface area contributed by atoms with Crippen LogP contribution in [0.25, 0.3) is 11.0 Å². The lowest BCUT2D eigenvalue weighted by atomic mass is 9.94. The fourth-order valence-corrected chi connectivity index (χ4v) is 2.80. The molecule has 6 heteroatoms. The van der Waals surface area contributed by atoms with Crippen LogP contribution in [0.4, 0.5) is 0 Å². The lowest BCUT2D eigenvalue weighted by Gasteiger charge is -2.12. The van der Waals surface area contributed by atoms with E-state index < -0.39 is 5.92 Å². The molecule has 0 aliphatic heterocycles. The number of aryl methyl sites for hydroxylation is 1. The van der Waals surface area contributed by atoms with E-state index >= 15 is 0 Å². The molecule has 0 aliphatic rings. The molecule has 0 fully saturated rings. The number of nitriles is 1. The molecule has 0 aromatic carbocycles. The number of hydrogen-bond acceptors (Lipinski definition) is 5. The van der Waals surface area contributed by atoms with Gasteiger partial charge in [0.05, 0.1) is 24.0 Å². The summed E-state index contributed by atoms with van der Waals surface area (Å²) < 4.78 is 1.83. The Kier molecular flexibility index (Phi) is 4.57. The van der Waals surface area contributed by atoms with Gasteiger partial charge >= 0.3 is 0 Å². The Morgan fingerprint density at radius 1 is 1.40 bits per heavy atom. The largest absolute Gasteiger partial charge is 0.292 e. The predicted molar refractivity (Wildman–Crippen MR) is 94.2 cm³/mol. The first-order chi connectivity index (χ1) is 12.1. The molecule has 3 aromatic rings. The molecule has 0 amide bonds. The molecular weight excluding hydrogens is 314 g/mol. The van der Waals surface area contributed by atoms with Crippen LogP contribution in [0.3, 0.4) is 0 Å². The van der Waals surface area contributed by atoms with Crippen LogP contribution in [0.15, 0.2) is 36.7 Å². The zero-order valence-electron chi connectivity index (χ0n) is 14.5. The minimum atomic E-state index is -0.946. The average Bonchev–Trinajstić information content (AvgIpc) is 3.05. The number of nitrogens with zero attached hydrogens (tertiary/aromatic N) is 5. The van der Waals surface area contributed by atoms with Gasteiger partial charge < -0.3 is 0 Å². The van der Waals surface area contributed by atoms with Gasteiger partial charge in [0, 0.05) is 22.8 Å². The smallest absolute Gasteiger partial charge is 0.186 e. The molecule has 0 bridgehead atoms. The van der Waals surface area contributed by atoms with Crippen molar-refractivity contribution in [2.75, 3.05) is 0 Å². The summed E-state index contributed by atoms with van der Waals surface area (Å²) in [6, 6.07) is 9.21. The van der Waals surface area contributed by atoms with Gasteiger partial charge in [0.25, 0.3) is 0 Å². The lowest BCUT2D eigenvalue weighted by molar-refractivity contribution is 0.0979. The molecule has 0 aliphatic carbocycles. The monoisotopic (exact) mass is 333 g/mol. The van der Waals surface area contributed by atoms with Crippen LogP contribution in [-0.2, 0) is 0 Å². The molecule has 2 atom stereocenters. The van der Waals surface area contributed by atoms with Crippen molar-refractivity contribution in [3.05, 3.63) is 53.6 Å². The van der Waals surface area contributed by atoms with Gasteiger partial charge in [-0.1, -0.05) is 13.0 Å². The molecule has 0 saturated heterocycles. The van der Waals surface area contributed by atoms with Crippen molar-refractivity contribution in [1.82, 2.24) is 19.7 Å². The molecule has 3 aromatic heterocycles. The lowest BCUT2D eigenvalue weighted by Crippen LogP contribution is -2.14. The zero-order valence-corrected chi connectivity index (χ0v) is 14.5. The Labute approximate surface area is 146 Å². The Morgan fingerprint density at radius 3 is 2.84 bits per heavy atom. The van der Waals surface area contributed by atoms with E-state index in [1.807, 2.05) is 11.6 Å². The number of rotatable bonds is 5. The third-order valence-electron chi connectivity index (χ3n) is 4.34. The standard InChI is InChI=1S/C19H19N5O/c1-4-13(3)24-19-16(11-22-24)14(9-12(2)23-19)18(25)15(10-20)17-7-5-6-8-21-17/h5-9,11,13,15H,4H2,1-3H3/t13-,15+/m1/s1. The van der Waals surface area contributed by atoms with Crippen molar-refractivity contribution in [2.24, 2.45) is 0 Å². The minimum Gasteiger partial charge on any atom is -0.292 e. The zero-order chi connectivity index (χ0) is 18.0. The maximum absolute atomic E-state index is 13.1. The maximum Gasteiger partial charge on any atom is 0.186 e. The van der Waals surface area contributed by atoms with Crippen LogP contribution in [0.5, 0.6) is 0 Å². The molecule has 0 N–H and O–H groups in total. The first-order valence-electron chi connectivity index (χ1n) is 8.26. The normalized spacial score (nSPS) is 13.4. The van der Waals surface area contributed by atoms with Crippen molar-refractivity contribution in [3.63, 3.8) is 0 Å². The van der Waals surface area contributed by atoms with E-state index in [0.29, 0.717) is 22.3 Å². The van der Waals surface area contributed by atoms with Gasteiger partial charge in [0.1, 0.15) is 0 Å². The third-order valence-corrected chi connectivity index (χ3v) is 4.34. The predicted octanol–water partition coefficient (Wildman–Crippen LogP) is 3.60. The van der Waals surface area contributed by atoms with Crippen molar-refractivity contribution >= 4 is 16.8 Å². The van der Waals surface area contributed by atoms with E-state index in [9.17, 15) is 10.1 Å². The van der Waals surface area contributed by atoms with Gasteiger partial charge in [0.15, 0.2) is 17.3 Å². The first kappa shape index (κ1) is 16.8. The summed E-state index contributed by atoms with van der Waals surface area (Å²) in [6.07, 6.45) is 4.15. The second-order valence-corrected chi connectivity index (χ2v) is 6.08. The van der Waals surface area contributed by atoms with Crippen LogP contribution in [0.2, 0.25) is 0 Å². The van der Waals surface area contributed by atoms with Gasteiger partial charge in [-0.2, -0.15) is 10.4 Å². The van der Waals surface area contributed by atoms with Gasteiger partial charge in [-0.3, -0.25) is 9.78 Å². The Morgan fingerprint density at radius 2 is 2.20 bits per heavy atom. The highest BCUT2D eigenvalue weighted by Gasteiger charge is 2.26. The second-order valence-electron chi connectivity index (χ2n) is 6.08. The molecule has 0 saturated carbocycles. The van der Waals surface area contributed by atoms with Gasteiger partial charge in [-0.05, 0) is 38.5 Å². The van der Waals surface area contributed by atoms with E-state index in [0.717, 1.165) is 12.1 Å². The maximum atomic E-state index is 13.1. The van der Waals surface area contributed by atoms with E-state index in [4.69, 9.17) is 0 Å². The number of aromatic nitrogens is 4. The molecule has 3 rings (SSSR count). The average molecular weight is 333 g/mol. The highest BCUT2D eigenvalue weighted by atomic mass is 16.1. The Hall–Kier alpha value is -3.07. The topological polar surface area (TPSA) is 84.5 Å². The summed E-state index contributed by atoms with van der Waals surface area (Å²) >= 11 is 0. The summed E-state index contributed by atoms with van der Waals surface area (Å²) in [7, 11) is 0. The highest BCUT2D eigenvalue weighted by Crippen LogP contribution is 2.26. The number of ketones is 1. The molecule has 6 nitrogen and oxygen atoms in total. The van der Waals surface area contributed by atoms with Crippen LogP contribution < -0.4 is 0 Å². The summed E-state index contributed by atoms with van der Waals surface area (Å²) in [4.78, 5) is 21.8. The third kappa shape index (κ3) is 3.01. The van der Waals surface area contributed by atoms with E-state index in [2.05, 4.69) is 35.0 Å². The summed E-state index contributed by atoms with van der Waals surface area (Å²) in [5, 5.41) is 14.6. The molecule has 3 heterocycles. The van der Waals surface area contributed by atoms with Crippen molar-refractivity contribution < 1.29 is 4.79 Å². The first-order valence-corrected chi connectivity index (χ1v) is 8.26. The number of carbonyl (C=O) groups is 1. The molecule has 25 heavy (non-hydrogen) atoms. The van der Waals surface area contributed by atoms with E-state index in [1.165, 1.54) is 0 Å². The molecule has 0 unspecified atom stereocenters. The second kappa shape index (κ2) is 6.81. The quantitative estimate of drug-likeness (QED) is 0.666. The van der Waals surface area contributed by atoms with Crippen LogP contribution in [-0.4, -0.2) is 25.5 Å². The van der Waals surface area contributed by atoms with Crippen LogP contribution >= 0.6 is 0 Å². The number of Topliss-reactive ketones (excluding diaryl/α,β-unsaturated/α-hetero) is 1. The van der Waals surface area contributed by atoms with Crippen molar-refractivity contribution in [1.29, 1.82) is 5.26 Å². The molecule has 0 radical (unpaired) electrons. The van der Waals surface area contributed by atoms with Crippen molar-refractivity contribution in [3.8, 4) is 6.07 Å². The Bertz CT molecular complexity index is 955. The van der Waals surface area contributed by atoms with Gasteiger partial charge in [-0.25, -0.2) is 9.67 Å². The molecule has 0 spiro atoms. The molecule has 126 valence electrons. The van der Waals surface area contributed by atoms with Crippen LogP contribution in [0.1, 0.15) is 54.0 Å². The number of fused-ring (bicyclic) bond motifs is 1. The number of pyridine rings is 2. The number of hydrogen-bond donors (Lipinski definition) is 0. The molecular formula is C19H19N5O. The van der Waals surface area contributed by atoms with Crippen molar-refractivity contribution in [2.45, 2.75) is 39.2 Å². The Balaban J connectivity index is 2.13. The van der Waals surface area contributed by atoms with Gasteiger partial charge in [-0.15, -0.1) is 0 Å². The van der Waals surface area contributed by atoms with E-state index in [-0.39, 0.29) is 11.8 Å². The van der Waals surface area contributed by atoms with Gasteiger partial charge in [0.2, 0.25) is 0 Å². The fraction of sp³-hybridized carbons (Fsp3) is 0.316. The highest BCUT2D eigenvalue weighted by molar-refractivity contribution is 6.10.